The van der Waals surface area contributed by atoms with Gasteiger partial charge in [-0.25, -0.2) is 0 Å². The van der Waals surface area contributed by atoms with E-state index in [2.05, 4.69) is 4.98 Å². The third kappa shape index (κ3) is 2.29. The zero-order valence-electron chi connectivity index (χ0n) is 9.09. The van der Waals surface area contributed by atoms with Crippen molar-refractivity contribution in [3.63, 3.8) is 0 Å². The molecule has 0 saturated carbocycles. The van der Waals surface area contributed by atoms with Crippen LogP contribution < -0.4 is 5.73 Å². The van der Waals surface area contributed by atoms with Crippen LogP contribution in [0.3, 0.4) is 0 Å². The molecule has 5 heteroatoms. The van der Waals surface area contributed by atoms with Crippen LogP contribution in [0.1, 0.15) is 17.9 Å². The van der Waals surface area contributed by atoms with Crippen molar-refractivity contribution in [1.82, 2.24) is 4.98 Å². The Morgan fingerprint density at radius 2 is 1.94 bits per heavy atom. The summed E-state index contributed by atoms with van der Waals surface area (Å²) in [5.74, 6) is -1.50. The molecule has 17 heavy (non-hydrogen) atoms. The lowest BCUT2D eigenvalue weighted by atomic mass is 9.95. The highest BCUT2D eigenvalue weighted by molar-refractivity contribution is 5.83. The standard InChI is InChI=1S/C12H13F3N2/c13-12(14,15)10(5-6-16)9-7-17-11-4-2-1-3-8(9)11/h1-4,7,10,17H,5-6,16H2. The topological polar surface area (TPSA) is 41.8 Å². The number of halogens is 3. The second kappa shape index (κ2) is 4.41. The normalized spacial score (nSPS) is 14.1. The highest BCUT2D eigenvalue weighted by Crippen LogP contribution is 2.39. The van der Waals surface area contributed by atoms with Crippen molar-refractivity contribution < 1.29 is 13.2 Å². The van der Waals surface area contributed by atoms with Crippen LogP contribution >= 0.6 is 0 Å². The molecule has 2 aromatic rings. The van der Waals surface area contributed by atoms with E-state index in [1.807, 2.05) is 0 Å². The lowest BCUT2D eigenvalue weighted by molar-refractivity contribution is -0.151. The fraction of sp³-hybridized carbons (Fsp3) is 0.333. The molecular formula is C12H13F3N2. The molecule has 2 rings (SSSR count). The molecule has 0 aliphatic heterocycles. The van der Waals surface area contributed by atoms with E-state index < -0.39 is 12.1 Å². The highest BCUT2D eigenvalue weighted by atomic mass is 19.4. The molecule has 1 heterocycles. The summed E-state index contributed by atoms with van der Waals surface area (Å²) in [7, 11) is 0. The van der Waals surface area contributed by atoms with Gasteiger partial charge in [-0.15, -0.1) is 0 Å². The van der Waals surface area contributed by atoms with Crippen LogP contribution in [0.5, 0.6) is 0 Å². The van der Waals surface area contributed by atoms with Gasteiger partial charge < -0.3 is 10.7 Å². The number of nitrogens with one attached hydrogen (secondary N) is 1. The lowest BCUT2D eigenvalue weighted by Crippen LogP contribution is -2.23. The fourth-order valence-electron chi connectivity index (χ4n) is 2.04. The van der Waals surface area contributed by atoms with Crippen LogP contribution in [0.2, 0.25) is 0 Å². The van der Waals surface area contributed by atoms with Crippen LogP contribution in [0, 0.1) is 0 Å². The molecule has 1 unspecified atom stereocenters. The van der Waals surface area contributed by atoms with Gasteiger partial charge in [0.1, 0.15) is 0 Å². The fourth-order valence-corrected chi connectivity index (χ4v) is 2.04. The van der Waals surface area contributed by atoms with Crippen molar-refractivity contribution in [3.8, 4) is 0 Å². The van der Waals surface area contributed by atoms with E-state index in [0.717, 1.165) is 0 Å². The average Bonchev–Trinajstić information content (AvgIpc) is 2.68. The van der Waals surface area contributed by atoms with E-state index in [0.29, 0.717) is 10.9 Å². The molecule has 0 radical (unpaired) electrons. The number of hydrogen-bond donors (Lipinski definition) is 2. The summed E-state index contributed by atoms with van der Waals surface area (Å²) in [6, 6.07) is 6.97. The number of rotatable bonds is 3. The maximum absolute atomic E-state index is 12.9. The van der Waals surface area contributed by atoms with Crippen molar-refractivity contribution in [3.05, 3.63) is 36.0 Å². The van der Waals surface area contributed by atoms with Gasteiger partial charge in [0.15, 0.2) is 0 Å². The largest absolute Gasteiger partial charge is 0.395 e. The minimum atomic E-state index is -4.26. The summed E-state index contributed by atoms with van der Waals surface area (Å²) < 4.78 is 38.8. The predicted molar refractivity (Wildman–Crippen MR) is 60.8 cm³/mol. The molecule has 0 amide bonds. The SMILES string of the molecule is NCCC(c1c[nH]c2ccccc12)C(F)(F)F. The maximum atomic E-state index is 12.9. The molecule has 0 saturated heterocycles. The second-order valence-corrected chi connectivity index (χ2v) is 3.96. The summed E-state index contributed by atoms with van der Waals surface area (Å²) in [6.45, 7) is 0.0175. The number of aromatic nitrogens is 1. The number of hydrogen-bond acceptors (Lipinski definition) is 1. The number of fused-ring (bicyclic) bond motifs is 1. The van der Waals surface area contributed by atoms with Crippen molar-refractivity contribution in [1.29, 1.82) is 0 Å². The Balaban J connectivity index is 2.49. The first-order valence-electron chi connectivity index (χ1n) is 5.37. The number of nitrogens with two attached hydrogens (primary N) is 1. The van der Waals surface area contributed by atoms with Gasteiger partial charge in [0, 0.05) is 17.1 Å². The number of alkyl halides is 3. The van der Waals surface area contributed by atoms with Gasteiger partial charge in [-0.3, -0.25) is 0 Å². The van der Waals surface area contributed by atoms with Gasteiger partial charge in [0.25, 0.3) is 0 Å². The van der Waals surface area contributed by atoms with Crippen molar-refractivity contribution in [2.75, 3.05) is 6.54 Å². The molecule has 0 aliphatic carbocycles. The van der Waals surface area contributed by atoms with E-state index in [9.17, 15) is 13.2 Å². The Morgan fingerprint density at radius 1 is 1.24 bits per heavy atom. The van der Waals surface area contributed by atoms with Crippen LogP contribution in [-0.4, -0.2) is 17.7 Å². The van der Waals surface area contributed by atoms with Crippen LogP contribution in [0.15, 0.2) is 30.5 Å². The van der Waals surface area contributed by atoms with E-state index in [1.165, 1.54) is 6.20 Å². The highest BCUT2D eigenvalue weighted by Gasteiger charge is 2.41. The van der Waals surface area contributed by atoms with Gasteiger partial charge in [-0.1, -0.05) is 18.2 Å². The Morgan fingerprint density at radius 3 is 2.59 bits per heavy atom. The third-order valence-corrected chi connectivity index (χ3v) is 2.85. The molecule has 2 nitrogen and oxygen atoms in total. The van der Waals surface area contributed by atoms with Gasteiger partial charge in [0.05, 0.1) is 5.92 Å². The van der Waals surface area contributed by atoms with Gasteiger partial charge in [0.2, 0.25) is 0 Å². The molecule has 1 aromatic carbocycles. The smallest absolute Gasteiger partial charge is 0.361 e. The Kier molecular flexibility index (Phi) is 3.11. The number of H-pyrrole nitrogens is 1. The number of para-hydroxylation sites is 1. The second-order valence-electron chi connectivity index (χ2n) is 3.96. The van der Waals surface area contributed by atoms with E-state index in [1.54, 1.807) is 24.3 Å². The van der Waals surface area contributed by atoms with Crippen molar-refractivity contribution in [2.45, 2.75) is 18.5 Å². The Labute approximate surface area is 96.6 Å². The van der Waals surface area contributed by atoms with E-state index in [-0.39, 0.29) is 18.5 Å². The molecule has 1 aromatic heterocycles. The molecule has 92 valence electrons. The molecule has 1 atom stereocenters. The lowest BCUT2D eigenvalue weighted by Gasteiger charge is -2.19. The number of benzene rings is 1. The summed E-state index contributed by atoms with van der Waals surface area (Å²) in [4.78, 5) is 2.86. The Hall–Kier alpha value is -1.49. The first kappa shape index (κ1) is 12.0. The molecule has 3 N–H and O–H groups in total. The Bertz CT molecular complexity index is 502. The quantitative estimate of drug-likeness (QED) is 0.852. The zero-order valence-corrected chi connectivity index (χ0v) is 9.09. The van der Waals surface area contributed by atoms with Gasteiger partial charge in [-0.05, 0) is 24.6 Å². The van der Waals surface area contributed by atoms with Gasteiger partial charge in [-0.2, -0.15) is 13.2 Å². The van der Waals surface area contributed by atoms with Crippen molar-refractivity contribution in [2.24, 2.45) is 5.73 Å². The first-order chi connectivity index (χ1) is 8.04. The minimum Gasteiger partial charge on any atom is -0.361 e. The van der Waals surface area contributed by atoms with Gasteiger partial charge >= 0.3 is 6.18 Å². The molecular weight excluding hydrogens is 229 g/mol. The predicted octanol–water partition coefficient (Wildman–Crippen LogP) is 3.16. The number of aromatic amines is 1. The first-order valence-corrected chi connectivity index (χ1v) is 5.37. The van der Waals surface area contributed by atoms with E-state index >= 15 is 0 Å². The molecule has 0 spiro atoms. The third-order valence-electron chi connectivity index (χ3n) is 2.85. The summed E-state index contributed by atoms with van der Waals surface area (Å²) in [6.07, 6.45) is -2.92. The molecule has 0 bridgehead atoms. The molecule has 0 aliphatic rings. The van der Waals surface area contributed by atoms with Crippen LogP contribution in [-0.2, 0) is 0 Å². The zero-order chi connectivity index (χ0) is 12.5. The van der Waals surface area contributed by atoms with Crippen molar-refractivity contribution >= 4 is 10.9 Å². The average molecular weight is 242 g/mol. The van der Waals surface area contributed by atoms with Crippen LogP contribution in [0.25, 0.3) is 10.9 Å². The summed E-state index contributed by atoms with van der Waals surface area (Å²) in [5, 5.41) is 0.614. The maximum Gasteiger partial charge on any atom is 0.395 e. The van der Waals surface area contributed by atoms with Crippen LogP contribution in [0.4, 0.5) is 13.2 Å². The minimum absolute atomic E-state index is 0.0175. The van der Waals surface area contributed by atoms with E-state index in [4.69, 9.17) is 5.73 Å². The molecule has 0 fully saturated rings. The summed E-state index contributed by atoms with van der Waals surface area (Å²) >= 11 is 0. The monoisotopic (exact) mass is 242 g/mol. The summed E-state index contributed by atoms with van der Waals surface area (Å²) in [5.41, 5.74) is 6.26.